The van der Waals surface area contributed by atoms with Gasteiger partial charge in [-0.25, -0.2) is 0 Å². The smallest absolute Gasteiger partial charge is 0.324 e. The first kappa shape index (κ1) is 10.0. The van der Waals surface area contributed by atoms with Crippen LogP contribution in [0.5, 0.6) is 0 Å². The molecular formula is C9H14FNO2. The maximum Gasteiger partial charge on any atom is 0.324 e. The van der Waals surface area contributed by atoms with Gasteiger partial charge in [0.15, 0.2) is 0 Å². The van der Waals surface area contributed by atoms with Gasteiger partial charge in [-0.05, 0) is 20.8 Å². The normalized spacial score (nSPS) is 29.3. The Bertz CT molecular complexity index is 271. The van der Waals surface area contributed by atoms with Crippen LogP contribution in [0.15, 0.2) is 11.5 Å². The summed E-state index contributed by atoms with van der Waals surface area (Å²) in [7, 11) is 0. The molecule has 1 heterocycles. The number of ether oxygens (including phenoxy) is 1. The average Bonchev–Trinajstić information content (AvgIpc) is 2.02. The summed E-state index contributed by atoms with van der Waals surface area (Å²) in [6.45, 7) is 6.79. The summed E-state index contributed by atoms with van der Waals surface area (Å²) in [5, 5.41) is 0. The first-order valence-corrected chi connectivity index (χ1v) is 4.27. The van der Waals surface area contributed by atoms with Crippen LogP contribution in [0.1, 0.15) is 27.7 Å². The first-order valence-electron chi connectivity index (χ1n) is 4.27. The molecule has 0 spiro atoms. The van der Waals surface area contributed by atoms with Crippen LogP contribution in [-0.4, -0.2) is 23.2 Å². The van der Waals surface area contributed by atoms with Crippen LogP contribution in [0.25, 0.3) is 0 Å². The third kappa shape index (κ3) is 1.53. The zero-order valence-electron chi connectivity index (χ0n) is 8.35. The van der Waals surface area contributed by atoms with Gasteiger partial charge in [0.2, 0.25) is 0 Å². The summed E-state index contributed by atoms with van der Waals surface area (Å²) in [5.41, 5.74) is 0.683. The highest BCUT2D eigenvalue weighted by Crippen LogP contribution is 2.29. The van der Waals surface area contributed by atoms with E-state index in [4.69, 9.17) is 4.74 Å². The average molecular weight is 187 g/mol. The summed E-state index contributed by atoms with van der Waals surface area (Å²) in [4.78, 5) is 12.8. The van der Waals surface area contributed by atoms with E-state index in [2.05, 4.69) is 0 Å². The van der Waals surface area contributed by atoms with Gasteiger partial charge < -0.3 is 9.64 Å². The standard InChI is InChI=1S/C9H14FNO2/c1-5-11-6(2)7(3)13-9(4,10)8(11)12/h5H2,1-4H3. The van der Waals surface area contributed by atoms with Crippen LogP contribution in [0.4, 0.5) is 4.39 Å². The lowest BCUT2D eigenvalue weighted by molar-refractivity contribution is -0.177. The van der Waals surface area contributed by atoms with Gasteiger partial charge in [0, 0.05) is 13.5 Å². The monoisotopic (exact) mass is 187 g/mol. The van der Waals surface area contributed by atoms with Crippen molar-refractivity contribution in [2.75, 3.05) is 6.54 Å². The second kappa shape index (κ2) is 3.01. The molecule has 74 valence electrons. The van der Waals surface area contributed by atoms with Crippen molar-refractivity contribution < 1.29 is 13.9 Å². The Labute approximate surface area is 77.2 Å². The lowest BCUT2D eigenvalue weighted by atomic mass is 10.2. The predicted molar refractivity (Wildman–Crippen MR) is 46.4 cm³/mol. The largest absolute Gasteiger partial charge is 0.453 e. The minimum Gasteiger partial charge on any atom is -0.453 e. The zero-order chi connectivity index (χ0) is 10.2. The SMILES string of the molecule is CCN1C(=O)C(C)(F)OC(C)=C1C. The fourth-order valence-electron chi connectivity index (χ4n) is 1.37. The molecular weight excluding hydrogens is 173 g/mol. The topological polar surface area (TPSA) is 29.5 Å². The number of alkyl halides is 1. The van der Waals surface area contributed by atoms with Crippen molar-refractivity contribution >= 4 is 5.91 Å². The zero-order valence-corrected chi connectivity index (χ0v) is 8.35. The second-order valence-electron chi connectivity index (χ2n) is 3.21. The molecule has 1 atom stereocenters. The van der Waals surface area contributed by atoms with Gasteiger partial charge in [-0.1, -0.05) is 0 Å². The number of hydrogen-bond donors (Lipinski definition) is 0. The molecule has 1 amide bonds. The predicted octanol–water partition coefficient (Wildman–Crippen LogP) is 1.80. The summed E-state index contributed by atoms with van der Waals surface area (Å²) in [6.07, 6.45) is 0. The van der Waals surface area contributed by atoms with E-state index in [-0.39, 0.29) is 0 Å². The van der Waals surface area contributed by atoms with Crippen molar-refractivity contribution in [3.63, 3.8) is 0 Å². The first-order chi connectivity index (χ1) is 5.90. The minimum atomic E-state index is -2.21. The van der Waals surface area contributed by atoms with Crippen LogP contribution >= 0.6 is 0 Å². The highest BCUT2D eigenvalue weighted by molar-refractivity contribution is 5.85. The number of carbonyl (C=O) groups is 1. The van der Waals surface area contributed by atoms with Crippen LogP contribution < -0.4 is 0 Å². The molecule has 0 N–H and O–H groups in total. The number of likely N-dealkylation sites (N-methyl/N-ethyl adjacent to an activating group) is 1. The molecule has 0 aliphatic carbocycles. The van der Waals surface area contributed by atoms with Gasteiger partial charge >= 0.3 is 11.8 Å². The molecule has 1 rings (SSSR count). The molecule has 1 aliphatic heterocycles. The van der Waals surface area contributed by atoms with E-state index in [0.29, 0.717) is 18.0 Å². The van der Waals surface area contributed by atoms with Crippen LogP contribution in [0.2, 0.25) is 0 Å². The lowest BCUT2D eigenvalue weighted by Gasteiger charge is -2.35. The number of carbonyl (C=O) groups excluding carboxylic acids is 1. The number of halogens is 1. The molecule has 0 aromatic rings. The van der Waals surface area contributed by atoms with E-state index in [1.807, 2.05) is 0 Å². The van der Waals surface area contributed by atoms with E-state index in [0.717, 1.165) is 6.92 Å². The van der Waals surface area contributed by atoms with Gasteiger partial charge in [0.1, 0.15) is 5.76 Å². The van der Waals surface area contributed by atoms with Gasteiger partial charge in [0.25, 0.3) is 0 Å². The maximum atomic E-state index is 13.5. The van der Waals surface area contributed by atoms with E-state index in [9.17, 15) is 9.18 Å². The Kier molecular flexibility index (Phi) is 2.32. The van der Waals surface area contributed by atoms with Gasteiger partial charge in [0.05, 0.1) is 5.70 Å². The van der Waals surface area contributed by atoms with Crippen LogP contribution in [0, 0.1) is 0 Å². The molecule has 0 saturated carbocycles. The summed E-state index contributed by atoms with van der Waals surface area (Å²) < 4.78 is 18.3. The van der Waals surface area contributed by atoms with Gasteiger partial charge in [-0.15, -0.1) is 0 Å². The summed E-state index contributed by atoms with van der Waals surface area (Å²) in [6, 6.07) is 0. The molecule has 13 heavy (non-hydrogen) atoms. The number of amides is 1. The van der Waals surface area contributed by atoms with Crippen LogP contribution in [0.3, 0.4) is 0 Å². The third-order valence-electron chi connectivity index (χ3n) is 2.20. The molecule has 0 aromatic heterocycles. The highest BCUT2D eigenvalue weighted by atomic mass is 19.2. The Morgan fingerprint density at radius 3 is 2.54 bits per heavy atom. The minimum absolute atomic E-state index is 0.463. The molecule has 1 aliphatic rings. The third-order valence-corrected chi connectivity index (χ3v) is 2.20. The fraction of sp³-hybridized carbons (Fsp3) is 0.667. The Morgan fingerprint density at radius 2 is 2.08 bits per heavy atom. The molecule has 1 unspecified atom stereocenters. The molecule has 0 aromatic carbocycles. The molecule has 0 fully saturated rings. The molecule has 0 saturated heterocycles. The summed E-state index contributed by atoms with van der Waals surface area (Å²) >= 11 is 0. The van der Waals surface area contributed by atoms with E-state index >= 15 is 0 Å². The number of hydrogen-bond acceptors (Lipinski definition) is 2. The molecule has 4 heteroatoms. The van der Waals surface area contributed by atoms with E-state index in [1.165, 1.54) is 4.90 Å². The molecule has 0 radical (unpaired) electrons. The van der Waals surface area contributed by atoms with Crippen molar-refractivity contribution in [1.29, 1.82) is 0 Å². The van der Waals surface area contributed by atoms with Gasteiger partial charge in [-0.2, -0.15) is 4.39 Å². The fourth-order valence-corrected chi connectivity index (χ4v) is 1.37. The Balaban J connectivity index is 3.09. The van der Waals surface area contributed by atoms with Crippen LogP contribution in [-0.2, 0) is 9.53 Å². The lowest BCUT2D eigenvalue weighted by Crippen LogP contribution is -2.48. The van der Waals surface area contributed by atoms with Crippen molar-refractivity contribution in [2.24, 2.45) is 0 Å². The second-order valence-corrected chi connectivity index (χ2v) is 3.21. The maximum absolute atomic E-state index is 13.5. The Morgan fingerprint density at radius 1 is 1.54 bits per heavy atom. The summed E-state index contributed by atoms with van der Waals surface area (Å²) in [5.74, 6) is -2.37. The number of rotatable bonds is 1. The highest BCUT2D eigenvalue weighted by Gasteiger charge is 2.43. The van der Waals surface area contributed by atoms with E-state index < -0.39 is 11.8 Å². The molecule has 3 nitrogen and oxygen atoms in total. The van der Waals surface area contributed by atoms with Crippen molar-refractivity contribution in [2.45, 2.75) is 33.5 Å². The quantitative estimate of drug-likeness (QED) is 0.626. The number of nitrogens with zero attached hydrogens (tertiary/aromatic N) is 1. The Hall–Kier alpha value is -1.06. The van der Waals surface area contributed by atoms with Crippen molar-refractivity contribution in [3.05, 3.63) is 11.5 Å². The van der Waals surface area contributed by atoms with Gasteiger partial charge in [-0.3, -0.25) is 4.79 Å². The van der Waals surface area contributed by atoms with Crippen molar-refractivity contribution in [3.8, 4) is 0 Å². The number of allylic oxidation sites excluding steroid dienone is 2. The van der Waals surface area contributed by atoms with E-state index in [1.54, 1.807) is 20.8 Å². The molecule has 0 bridgehead atoms. The van der Waals surface area contributed by atoms with Crippen molar-refractivity contribution in [1.82, 2.24) is 4.90 Å².